The summed E-state index contributed by atoms with van der Waals surface area (Å²) in [6.07, 6.45) is 3.75. The molecule has 1 aliphatic heterocycles. The van der Waals surface area contributed by atoms with Crippen molar-refractivity contribution in [1.29, 1.82) is 0 Å². The third-order valence-corrected chi connectivity index (χ3v) is 6.79. The first-order valence-electron chi connectivity index (χ1n) is 12.1. The fourth-order valence-electron chi connectivity index (χ4n) is 4.36. The van der Waals surface area contributed by atoms with Crippen molar-refractivity contribution in [2.75, 3.05) is 37.0 Å². The standard InChI is InChI=1S/C26H31ClFN5O3/c1-15(2)33-21-6-5-19(25(28)17(21)11-22(26(33)35)36-14-24(34)29-4)31-20-12-23(30-13-18(20)27)32-9-7-16(3)8-10-32/h5-6,11-13,15-16H,7-10,14H2,1-4H3,(H,29,34)(H,30,31). The molecule has 192 valence electrons. The summed E-state index contributed by atoms with van der Waals surface area (Å²) in [5.41, 5.74) is 0.723. The number of fused-ring (bicyclic) bond motifs is 1. The number of likely N-dealkylation sites (N-methyl/N-ethyl adjacent to an activating group) is 1. The van der Waals surface area contributed by atoms with Gasteiger partial charge in [0.15, 0.2) is 18.2 Å². The van der Waals surface area contributed by atoms with Crippen LogP contribution in [0.3, 0.4) is 0 Å². The van der Waals surface area contributed by atoms with E-state index in [1.165, 1.54) is 17.7 Å². The first kappa shape index (κ1) is 25.8. The number of aromatic nitrogens is 2. The van der Waals surface area contributed by atoms with Crippen molar-refractivity contribution >= 4 is 45.6 Å². The van der Waals surface area contributed by atoms with Crippen LogP contribution in [0.2, 0.25) is 5.02 Å². The van der Waals surface area contributed by atoms with Crippen LogP contribution in [0.5, 0.6) is 5.75 Å². The molecule has 1 fully saturated rings. The number of anilines is 3. The number of nitrogens with one attached hydrogen (secondary N) is 2. The van der Waals surface area contributed by atoms with E-state index in [1.54, 1.807) is 18.3 Å². The Kier molecular flexibility index (Phi) is 7.68. The molecule has 8 nitrogen and oxygen atoms in total. The van der Waals surface area contributed by atoms with Crippen LogP contribution >= 0.6 is 11.6 Å². The molecule has 10 heteroatoms. The minimum absolute atomic E-state index is 0.0978. The lowest BCUT2D eigenvalue weighted by Crippen LogP contribution is -2.33. The Morgan fingerprint density at radius 1 is 1.25 bits per heavy atom. The highest BCUT2D eigenvalue weighted by atomic mass is 35.5. The largest absolute Gasteiger partial charge is 0.478 e. The monoisotopic (exact) mass is 515 g/mol. The van der Waals surface area contributed by atoms with Gasteiger partial charge in [-0.25, -0.2) is 9.37 Å². The Morgan fingerprint density at radius 2 is 1.97 bits per heavy atom. The van der Waals surface area contributed by atoms with Gasteiger partial charge in [-0.3, -0.25) is 9.59 Å². The van der Waals surface area contributed by atoms with Crippen molar-refractivity contribution < 1.29 is 13.9 Å². The fraction of sp³-hybridized carbons (Fsp3) is 0.423. The Labute approximate surface area is 214 Å². The summed E-state index contributed by atoms with van der Waals surface area (Å²) < 4.78 is 22.7. The second-order valence-electron chi connectivity index (χ2n) is 9.42. The van der Waals surface area contributed by atoms with E-state index in [1.807, 2.05) is 19.9 Å². The van der Waals surface area contributed by atoms with Gasteiger partial charge in [-0.2, -0.15) is 0 Å². The molecule has 1 aliphatic rings. The SMILES string of the molecule is CNC(=O)COc1cc2c(F)c(Nc3cc(N4CCC(C)CC4)ncc3Cl)ccc2n(C(C)C)c1=O. The Bertz CT molecular complexity index is 1340. The minimum atomic E-state index is -0.562. The average molecular weight is 516 g/mol. The zero-order chi connectivity index (χ0) is 26.0. The quantitative estimate of drug-likeness (QED) is 0.466. The second-order valence-corrected chi connectivity index (χ2v) is 9.82. The van der Waals surface area contributed by atoms with Crippen molar-refractivity contribution in [3.63, 3.8) is 0 Å². The topological polar surface area (TPSA) is 88.5 Å². The predicted octanol–water partition coefficient (Wildman–Crippen LogP) is 4.87. The van der Waals surface area contributed by atoms with E-state index in [-0.39, 0.29) is 29.5 Å². The number of pyridine rings is 2. The molecule has 0 atom stereocenters. The van der Waals surface area contributed by atoms with E-state index < -0.39 is 17.3 Å². The van der Waals surface area contributed by atoms with Gasteiger partial charge in [-0.1, -0.05) is 18.5 Å². The molecule has 2 N–H and O–H groups in total. The second kappa shape index (κ2) is 10.7. The van der Waals surface area contributed by atoms with Crippen molar-refractivity contribution in [2.24, 2.45) is 5.92 Å². The molecule has 1 saturated heterocycles. The molecule has 1 aromatic carbocycles. The van der Waals surface area contributed by atoms with Crippen molar-refractivity contribution in [3.8, 4) is 5.75 Å². The summed E-state index contributed by atoms with van der Waals surface area (Å²) in [6.45, 7) is 7.37. The normalized spacial score (nSPS) is 14.4. The lowest BCUT2D eigenvalue weighted by Gasteiger charge is -2.31. The molecular formula is C26H31ClFN5O3. The van der Waals surface area contributed by atoms with Crippen molar-refractivity contribution in [1.82, 2.24) is 14.9 Å². The van der Waals surface area contributed by atoms with E-state index in [9.17, 15) is 9.59 Å². The first-order valence-corrected chi connectivity index (χ1v) is 12.5. The van der Waals surface area contributed by atoms with E-state index >= 15 is 4.39 Å². The molecule has 2 aromatic heterocycles. The van der Waals surface area contributed by atoms with Gasteiger partial charge < -0.3 is 24.8 Å². The molecule has 0 bridgehead atoms. The molecule has 0 radical (unpaired) electrons. The molecule has 3 heterocycles. The molecule has 4 rings (SSSR count). The van der Waals surface area contributed by atoms with Crippen LogP contribution in [-0.4, -0.2) is 42.2 Å². The number of nitrogens with zero attached hydrogens (tertiary/aromatic N) is 3. The van der Waals surface area contributed by atoms with Crippen LogP contribution in [0.25, 0.3) is 10.9 Å². The lowest BCUT2D eigenvalue weighted by molar-refractivity contribution is -0.122. The first-order chi connectivity index (χ1) is 17.2. The van der Waals surface area contributed by atoms with E-state index in [0.717, 1.165) is 31.7 Å². The number of ether oxygens (including phenoxy) is 1. The lowest BCUT2D eigenvalue weighted by atomic mass is 9.99. The van der Waals surface area contributed by atoms with E-state index in [0.29, 0.717) is 22.1 Å². The number of rotatable bonds is 7. The molecule has 3 aromatic rings. The van der Waals surface area contributed by atoms with E-state index in [4.69, 9.17) is 16.3 Å². The maximum absolute atomic E-state index is 15.8. The zero-order valence-electron chi connectivity index (χ0n) is 20.9. The number of benzene rings is 1. The van der Waals surface area contributed by atoms with Gasteiger partial charge in [0.05, 0.1) is 28.1 Å². The van der Waals surface area contributed by atoms with Gasteiger partial charge in [0.1, 0.15) is 5.82 Å². The van der Waals surface area contributed by atoms with Gasteiger partial charge in [-0.15, -0.1) is 0 Å². The van der Waals surface area contributed by atoms with Crippen LogP contribution < -0.4 is 25.8 Å². The maximum atomic E-state index is 15.8. The molecule has 0 aliphatic carbocycles. The Morgan fingerprint density at radius 3 is 2.64 bits per heavy atom. The number of carbonyl (C=O) groups excluding carboxylic acids is 1. The highest BCUT2D eigenvalue weighted by Crippen LogP contribution is 2.34. The molecule has 36 heavy (non-hydrogen) atoms. The van der Waals surface area contributed by atoms with E-state index in [2.05, 4.69) is 27.4 Å². The smallest absolute Gasteiger partial charge is 0.293 e. The van der Waals surface area contributed by atoms with Crippen LogP contribution in [0.1, 0.15) is 39.7 Å². The summed E-state index contributed by atoms with van der Waals surface area (Å²) in [7, 11) is 1.47. The number of carbonyl (C=O) groups is 1. The molecule has 0 spiro atoms. The van der Waals surface area contributed by atoms with Gasteiger partial charge in [0, 0.05) is 37.6 Å². The third-order valence-electron chi connectivity index (χ3n) is 6.49. The van der Waals surface area contributed by atoms with Crippen molar-refractivity contribution in [3.05, 3.63) is 51.7 Å². The summed E-state index contributed by atoms with van der Waals surface area (Å²) in [5, 5.41) is 6.09. The summed E-state index contributed by atoms with van der Waals surface area (Å²) in [5.74, 6) is 0.417. The number of halogens is 2. The average Bonchev–Trinajstić information content (AvgIpc) is 2.86. The molecule has 0 unspecified atom stereocenters. The van der Waals surface area contributed by atoms with Gasteiger partial charge >= 0.3 is 0 Å². The van der Waals surface area contributed by atoms with Crippen molar-refractivity contribution in [2.45, 2.75) is 39.7 Å². The maximum Gasteiger partial charge on any atom is 0.293 e. The number of hydrogen-bond acceptors (Lipinski definition) is 6. The van der Waals surface area contributed by atoms with Crippen LogP contribution in [0, 0.1) is 11.7 Å². The Balaban J connectivity index is 1.72. The zero-order valence-corrected chi connectivity index (χ0v) is 21.7. The minimum Gasteiger partial charge on any atom is -0.478 e. The Hall–Kier alpha value is -3.33. The summed E-state index contributed by atoms with van der Waals surface area (Å²) >= 11 is 6.41. The highest BCUT2D eigenvalue weighted by molar-refractivity contribution is 6.33. The molecular weight excluding hydrogens is 485 g/mol. The fourth-order valence-corrected chi connectivity index (χ4v) is 4.51. The highest BCUT2D eigenvalue weighted by Gasteiger charge is 2.20. The predicted molar refractivity (Wildman–Crippen MR) is 141 cm³/mol. The summed E-state index contributed by atoms with van der Waals surface area (Å²) in [4.78, 5) is 31.3. The number of hydrogen-bond donors (Lipinski definition) is 2. The third kappa shape index (κ3) is 5.26. The molecule has 0 saturated carbocycles. The van der Waals surface area contributed by atoms with Crippen LogP contribution in [0.4, 0.5) is 21.6 Å². The summed E-state index contributed by atoms with van der Waals surface area (Å²) in [6, 6.07) is 6.18. The molecule has 1 amide bonds. The number of amides is 1. The van der Waals surface area contributed by atoms with Crippen LogP contribution in [-0.2, 0) is 4.79 Å². The van der Waals surface area contributed by atoms with Gasteiger partial charge in [0.25, 0.3) is 11.5 Å². The van der Waals surface area contributed by atoms with Crippen LogP contribution in [0.15, 0.2) is 35.3 Å². The van der Waals surface area contributed by atoms with Gasteiger partial charge in [0.2, 0.25) is 0 Å². The number of piperidine rings is 1. The van der Waals surface area contributed by atoms with Gasteiger partial charge in [-0.05, 0) is 50.8 Å².